The fraction of sp³-hybridized carbons (Fsp3) is 0.944. The standard InChI is InChI=1S/C7H13NO.C6H15N.C3H7Cl.C2H6/c1-7(9)8-5-3-2-4-6-8;1-5-7(4)6(2)3;1-2-3-4;1-2/h2-6H2,1H3;6H,5H2,1-4H3;2-3H2,1H3;1-2H3. The summed E-state index contributed by atoms with van der Waals surface area (Å²) < 4.78 is 0. The summed E-state index contributed by atoms with van der Waals surface area (Å²) in [7, 11) is 2.13. The lowest BCUT2D eigenvalue weighted by Crippen LogP contribution is -2.33. The van der Waals surface area contributed by atoms with Gasteiger partial charge in [0.15, 0.2) is 0 Å². The summed E-state index contributed by atoms with van der Waals surface area (Å²) >= 11 is 5.19. The molecule has 0 spiro atoms. The minimum atomic E-state index is 0.231. The average Bonchev–Trinajstić information content (AvgIpc) is 2.57. The summed E-state index contributed by atoms with van der Waals surface area (Å²) in [6.45, 7) is 17.4. The zero-order chi connectivity index (χ0) is 18.0. The highest BCUT2D eigenvalue weighted by atomic mass is 35.5. The lowest BCUT2D eigenvalue weighted by atomic mass is 10.1. The SMILES string of the molecule is CC.CC(=O)N1CCCCC1.CCCCl.CCN(C)C(C)C. The Morgan fingerprint density at radius 2 is 1.55 bits per heavy atom. The molecule has 1 fully saturated rings. The minimum absolute atomic E-state index is 0.231. The number of hydrogen-bond donors (Lipinski definition) is 0. The average molecular weight is 337 g/mol. The van der Waals surface area contributed by atoms with E-state index in [1.807, 2.05) is 25.7 Å². The summed E-state index contributed by atoms with van der Waals surface area (Å²) in [5.74, 6) is 1.02. The topological polar surface area (TPSA) is 23.6 Å². The van der Waals surface area contributed by atoms with E-state index >= 15 is 0 Å². The number of alkyl halides is 1. The predicted molar refractivity (Wildman–Crippen MR) is 102 cm³/mol. The van der Waals surface area contributed by atoms with E-state index in [0.717, 1.165) is 31.9 Å². The molecule has 0 bridgehead atoms. The van der Waals surface area contributed by atoms with Crippen molar-refractivity contribution < 1.29 is 4.79 Å². The maximum Gasteiger partial charge on any atom is 0.219 e. The van der Waals surface area contributed by atoms with Crippen LogP contribution in [-0.4, -0.2) is 54.3 Å². The van der Waals surface area contributed by atoms with Gasteiger partial charge in [-0.15, -0.1) is 11.6 Å². The first-order valence-electron chi connectivity index (χ1n) is 8.92. The molecule has 1 amide bonds. The first kappa shape index (κ1) is 26.6. The third-order valence-electron chi connectivity index (χ3n) is 3.37. The second-order valence-corrected chi connectivity index (χ2v) is 5.80. The smallest absolute Gasteiger partial charge is 0.219 e. The van der Waals surface area contributed by atoms with Gasteiger partial charge >= 0.3 is 0 Å². The Labute approximate surface area is 145 Å². The van der Waals surface area contributed by atoms with Crippen LogP contribution in [0.15, 0.2) is 0 Å². The summed E-state index contributed by atoms with van der Waals surface area (Å²) in [4.78, 5) is 14.9. The summed E-state index contributed by atoms with van der Waals surface area (Å²) in [5.41, 5.74) is 0. The molecular weight excluding hydrogens is 296 g/mol. The number of carbonyl (C=O) groups excluding carboxylic acids is 1. The van der Waals surface area contributed by atoms with Gasteiger partial charge < -0.3 is 9.80 Å². The molecule has 1 rings (SSSR count). The molecule has 0 aromatic rings. The first-order valence-corrected chi connectivity index (χ1v) is 9.45. The van der Waals surface area contributed by atoms with Gasteiger partial charge in [-0.3, -0.25) is 4.79 Å². The molecule has 0 radical (unpaired) electrons. The number of amides is 1. The van der Waals surface area contributed by atoms with Gasteiger partial charge in [-0.05, 0) is 53.1 Å². The molecule has 136 valence electrons. The van der Waals surface area contributed by atoms with Gasteiger partial charge in [0.1, 0.15) is 0 Å². The van der Waals surface area contributed by atoms with Crippen LogP contribution in [-0.2, 0) is 4.79 Å². The molecule has 0 atom stereocenters. The van der Waals surface area contributed by atoms with Crippen LogP contribution in [0, 0.1) is 0 Å². The van der Waals surface area contributed by atoms with Crippen LogP contribution in [0.4, 0.5) is 0 Å². The maximum atomic E-state index is 10.7. The van der Waals surface area contributed by atoms with Crippen LogP contribution >= 0.6 is 11.6 Å². The minimum Gasteiger partial charge on any atom is -0.343 e. The Hall–Kier alpha value is -0.280. The van der Waals surface area contributed by atoms with E-state index in [2.05, 4.69) is 32.7 Å². The number of rotatable bonds is 3. The zero-order valence-electron chi connectivity index (χ0n) is 16.4. The number of likely N-dealkylation sites (tertiary alicyclic amines) is 1. The molecule has 0 unspecified atom stereocenters. The van der Waals surface area contributed by atoms with E-state index in [-0.39, 0.29) is 5.91 Å². The van der Waals surface area contributed by atoms with Crippen LogP contribution in [0.1, 0.15) is 74.1 Å². The number of hydrogen-bond acceptors (Lipinski definition) is 2. The third-order valence-corrected chi connectivity index (χ3v) is 3.75. The molecule has 0 aromatic carbocycles. The zero-order valence-corrected chi connectivity index (χ0v) is 17.2. The third kappa shape index (κ3) is 19.7. The van der Waals surface area contributed by atoms with Crippen molar-refractivity contribution in [3.63, 3.8) is 0 Å². The quantitative estimate of drug-likeness (QED) is 0.675. The second kappa shape index (κ2) is 20.7. The van der Waals surface area contributed by atoms with E-state index in [1.54, 1.807) is 6.92 Å². The van der Waals surface area contributed by atoms with Crippen molar-refractivity contribution >= 4 is 17.5 Å². The van der Waals surface area contributed by atoms with Gasteiger partial charge in [0.05, 0.1) is 0 Å². The molecule has 0 aromatic heterocycles. The van der Waals surface area contributed by atoms with Gasteiger partial charge in [-0.25, -0.2) is 0 Å². The largest absolute Gasteiger partial charge is 0.343 e. The predicted octanol–water partition coefficient (Wildman–Crippen LogP) is 5.03. The van der Waals surface area contributed by atoms with Crippen molar-refractivity contribution in [2.75, 3.05) is 32.6 Å². The van der Waals surface area contributed by atoms with Crippen LogP contribution in [0.2, 0.25) is 0 Å². The number of piperidine rings is 1. The second-order valence-electron chi connectivity index (χ2n) is 5.42. The number of nitrogens with zero attached hydrogens (tertiary/aromatic N) is 2. The molecule has 0 N–H and O–H groups in total. The molecule has 22 heavy (non-hydrogen) atoms. The molecule has 3 nitrogen and oxygen atoms in total. The highest BCUT2D eigenvalue weighted by Crippen LogP contribution is 2.07. The van der Waals surface area contributed by atoms with E-state index in [0.29, 0.717) is 6.04 Å². The molecule has 1 saturated heterocycles. The molecule has 4 heteroatoms. The van der Waals surface area contributed by atoms with Crippen LogP contribution in [0.3, 0.4) is 0 Å². The van der Waals surface area contributed by atoms with E-state index in [9.17, 15) is 4.79 Å². The first-order chi connectivity index (χ1) is 10.4. The van der Waals surface area contributed by atoms with Crippen molar-refractivity contribution in [2.45, 2.75) is 80.2 Å². The van der Waals surface area contributed by atoms with Crippen LogP contribution in [0.5, 0.6) is 0 Å². The van der Waals surface area contributed by atoms with Crippen molar-refractivity contribution in [1.29, 1.82) is 0 Å². The van der Waals surface area contributed by atoms with E-state index < -0.39 is 0 Å². The van der Waals surface area contributed by atoms with Gasteiger partial charge in [0.2, 0.25) is 5.91 Å². The Morgan fingerprint density at radius 3 is 1.68 bits per heavy atom. The van der Waals surface area contributed by atoms with Gasteiger partial charge in [-0.1, -0.05) is 27.7 Å². The Morgan fingerprint density at radius 1 is 1.14 bits per heavy atom. The van der Waals surface area contributed by atoms with E-state index in [4.69, 9.17) is 11.6 Å². The van der Waals surface area contributed by atoms with Gasteiger partial charge in [0.25, 0.3) is 0 Å². The highest BCUT2D eigenvalue weighted by Gasteiger charge is 2.10. The van der Waals surface area contributed by atoms with Gasteiger partial charge in [0, 0.05) is 31.9 Å². The normalized spacial score (nSPS) is 13.3. The molecule has 0 saturated carbocycles. The van der Waals surface area contributed by atoms with Crippen molar-refractivity contribution in [3.8, 4) is 0 Å². The lowest BCUT2D eigenvalue weighted by Gasteiger charge is -2.24. The van der Waals surface area contributed by atoms with Crippen molar-refractivity contribution in [3.05, 3.63) is 0 Å². The highest BCUT2D eigenvalue weighted by molar-refractivity contribution is 6.17. The maximum absolute atomic E-state index is 10.7. The molecule has 0 aliphatic carbocycles. The van der Waals surface area contributed by atoms with E-state index in [1.165, 1.54) is 19.3 Å². The summed E-state index contributed by atoms with van der Waals surface area (Å²) in [6, 6.07) is 0.699. The molecular formula is C18H41ClN2O. The number of carbonyl (C=O) groups is 1. The Kier molecular flexibility index (Phi) is 25.1. The summed E-state index contributed by atoms with van der Waals surface area (Å²) in [6.07, 6.45) is 4.77. The van der Waals surface area contributed by atoms with Gasteiger partial charge in [-0.2, -0.15) is 0 Å². The summed E-state index contributed by atoms with van der Waals surface area (Å²) in [5, 5.41) is 0. The Balaban J connectivity index is -0.000000249. The van der Waals surface area contributed by atoms with Crippen LogP contribution < -0.4 is 0 Å². The number of halogens is 1. The lowest BCUT2D eigenvalue weighted by molar-refractivity contribution is -0.129. The Bertz CT molecular complexity index is 215. The molecule has 1 aliphatic heterocycles. The van der Waals surface area contributed by atoms with Crippen molar-refractivity contribution in [2.24, 2.45) is 0 Å². The fourth-order valence-electron chi connectivity index (χ4n) is 1.57. The van der Waals surface area contributed by atoms with Crippen LogP contribution in [0.25, 0.3) is 0 Å². The fourth-order valence-corrected chi connectivity index (χ4v) is 1.57. The monoisotopic (exact) mass is 336 g/mol. The van der Waals surface area contributed by atoms with Crippen molar-refractivity contribution in [1.82, 2.24) is 9.80 Å². The molecule has 1 heterocycles. The molecule has 1 aliphatic rings.